The maximum atomic E-state index is 13.0. The highest BCUT2D eigenvalue weighted by Crippen LogP contribution is 2.31. The fraction of sp³-hybridized carbons (Fsp3) is 0.571. The van der Waals surface area contributed by atoms with Crippen LogP contribution in [0.25, 0.3) is 9.88 Å². The third-order valence-corrected chi connectivity index (χ3v) is 7.88. The highest BCUT2D eigenvalue weighted by molar-refractivity contribution is 7.22. The molecule has 0 aliphatic carbocycles. The molecule has 2 amide bonds. The topological polar surface area (TPSA) is 56.8 Å². The zero-order valence-electron chi connectivity index (χ0n) is 16.9. The first kappa shape index (κ1) is 20.5. The molecule has 0 spiro atoms. The summed E-state index contributed by atoms with van der Waals surface area (Å²) in [5.41, 5.74) is 0.808. The third-order valence-electron chi connectivity index (χ3n) is 5.70. The van der Waals surface area contributed by atoms with Crippen molar-refractivity contribution in [1.82, 2.24) is 19.7 Å². The summed E-state index contributed by atoms with van der Waals surface area (Å²) in [6, 6.07) is 4.04. The van der Waals surface area contributed by atoms with Crippen LogP contribution in [0.15, 0.2) is 17.5 Å². The van der Waals surface area contributed by atoms with E-state index in [9.17, 15) is 9.59 Å². The Labute approximate surface area is 180 Å². The van der Waals surface area contributed by atoms with Gasteiger partial charge in [-0.05, 0) is 31.2 Å². The van der Waals surface area contributed by atoms with E-state index < -0.39 is 0 Å². The fourth-order valence-corrected chi connectivity index (χ4v) is 5.80. The van der Waals surface area contributed by atoms with Gasteiger partial charge < -0.3 is 9.80 Å². The average Bonchev–Trinajstić information content (AvgIpc) is 3.30. The minimum Gasteiger partial charge on any atom is -0.342 e. The number of thiophene rings is 1. The number of thiazole rings is 1. The molecule has 156 valence electrons. The minimum absolute atomic E-state index is 0.0706. The minimum atomic E-state index is 0.0706. The molecule has 2 fully saturated rings. The van der Waals surface area contributed by atoms with Crippen molar-refractivity contribution in [2.24, 2.45) is 0 Å². The molecule has 0 aromatic carbocycles. The van der Waals surface area contributed by atoms with Gasteiger partial charge in [0.25, 0.3) is 5.91 Å². The molecule has 2 saturated heterocycles. The smallest absolute Gasteiger partial charge is 0.265 e. The van der Waals surface area contributed by atoms with E-state index in [1.54, 1.807) is 11.3 Å². The van der Waals surface area contributed by atoms with Gasteiger partial charge in [0.05, 0.1) is 17.1 Å². The maximum Gasteiger partial charge on any atom is 0.265 e. The van der Waals surface area contributed by atoms with Crippen LogP contribution >= 0.6 is 22.7 Å². The molecule has 2 aliphatic rings. The number of carbonyl (C=O) groups excluding carboxylic acids is 2. The van der Waals surface area contributed by atoms with Crippen LogP contribution in [-0.2, 0) is 4.79 Å². The number of rotatable bonds is 4. The molecule has 0 radical (unpaired) electrons. The monoisotopic (exact) mass is 432 g/mol. The number of likely N-dealkylation sites (tertiary alicyclic amines) is 1. The molecular weight excluding hydrogens is 404 g/mol. The highest BCUT2D eigenvalue weighted by atomic mass is 32.1. The Kier molecular flexibility index (Phi) is 6.62. The third kappa shape index (κ3) is 4.87. The van der Waals surface area contributed by atoms with E-state index in [1.165, 1.54) is 24.2 Å². The van der Waals surface area contributed by atoms with Gasteiger partial charge in [0.15, 0.2) is 0 Å². The van der Waals surface area contributed by atoms with E-state index >= 15 is 0 Å². The quantitative estimate of drug-likeness (QED) is 0.744. The van der Waals surface area contributed by atoms with E-state index in [2.05, 4.69) is 9.88 Å². The van der Waals surface area contributed by atoms with Gasteiger partial charge in [-0.25, -0.2) is 4.98 Å². The summed E-state index contributed by atoms with van der Waals surface area (Å²) in [4.78, 5) is 38.2. The first-order valence-corrected chi connectivity index (χ1v) is 12.1. The number of piperazine rings is 1. The molecule has 0 unspecified atom stereocenters. The second-order valence-corrected chi connectivity index (χ2v) is 9.72. The first-order valence-electron chi connectivity index (χ1n) is 10.4. The lowest BCUT2D eigenvalue weighted by Crippen LogP contribution is -2.51. The van der Waals surface area contributed by atoms with Crippen LogP contribution in [0.4, 0.5) is 0 Å². The molecular formula is C21H28N4O2S2. The summed E-state index contributed by atoms with van der Waals surface area (Å²) in [6.07, 6.45) is 4.71. The van der Waals surface area contributed by atoms with Crippen LogP contribution in [0.2, 0.25) is 0 Å². The van der Waals surface area contributed by atoms with Crippen LogP contribution < -0.4 is 0 Å². The predicted molar refractivity (Wildman–Crippen MR) is 118 cm³/mol. The summed E-state index contributed by atoms with van der Waals surface area (Å²) in [5.74, 6) is 0.312. The number of hydrogen-bond acceptors (Lipinski definition) is 6. The summed E-state index contributed by atoms with van der Waals surface area (Å²) in [6.45, 7) is 7.02. The molecule has 4 heterocycles. The molecule has 0 N–H and O–H groups in total. The van der Waals surface area contributed by atoms with Crippen LogP contribution in [-0.4, -0.2) is 77.3 Å². The van der Waals surface area contributed by atoms with Crippen molar-refractivity contribution in [2.45, 2.75) is 32.6 Å². The van der Waals surface area contributed by atoms with E-state index in [4.69, 9.17) is 0 Å². The van der Waals surface area contributed by atoms with E-state index in [0.29, 0.717) is 19.6 Å². The zero-order chi connectivity index (χ0) is 20.2. The van der Waals surface area contributed by atoms with Crippen LogP contribution in [0.1, 0.15) is 41.0 Å². The van der Waals surface area contributed by atoms with Gasteiger partial charge in [0.2, 0.25) is 5.91 Å². The van der Waals surface area contributed by atoms with Crippen LogP contribution in [0.5, 0.6) is 0 Å². The van der Waals surface area contributed by atoms with Gasteiger partial charge in [-0.1, -0.05) is 18.9 Å². The fourth-order valence-electron chi connectivity index (χ4n) is 3.96. The lowest BCUT2D eigenvalue weighted by molar-refractivity contribution is -0.132. The zero-order valence-corrected chi connectivity index (χ0v) is 18.6. The molecule has 0 bridgehead atoms. The first-order chi connectivity index (χ1) is 14.1. The van der Waals surface area contributed by atoms with Gasteiger partial charge >= 0.3 is 0 Å². The molecule has 2 aliphatic heterocycles. The van der Waals surface area contributed by atoms with E-state index in [1.807, 2.05) is 34.2 Å². The Balaban J connectivity index is 1.31. The molecule has 0 atom stereocenters. The second kappa shape index (κ2) is 9.36. The highest BCUT2D eigenvalue weighted by Gasteiger charge is 2.27. The summed E-state index contributed by atoms with van der Waals surface area (Å²) >= 11 is 3.13. The number of aryl methyl sites for hydroxylation is 1. The van der Waals surface area contributed by atoms with Crippen molar-refractivity contribution < 1.29 is 9.59 Å². The van der Waals surface area contributed by atoms with Crippen molar-refractivity contribution in [3.63, 3.8) is 0 Å². The van der Waals surface area contributed by atoms with E-state index in [-0.39, 0.29) is 11.8 Å². The van der Waals surface area contributed by atoms with Gasteiger partial charge in [0.1, 0.15) is 9.88 Å². The molecule has 2 aromatic rings. The molecule has 4 rings (SSSR count). The van der Waals surface area contributed by atoms with Gasteiger partial charge in [-0.15, -0.1) is 22.7 Å². The van der Waals surface area contributed by atoms with Crippen molar-refractivity contribution in [3.8, 4) is 9.88 Å². The van der Waals surface area contributed by atoms with Gasteiger partial charge in [-0.2, -0.15) is 0 Å². The number of hydrogen-bond donors (Lipinski definition) is 0. The Morgan fingerprint density at radius 2 is 1.72 bits per heavy atom. The average molecular weight is 433 g/mol. The van der Waals surface area contributed by atoms with Crippen molar-refractivity contribution in [2.75, 3.05) is 45.8 Å². The number of nitrogens with zero attached hydrogens (tertiary/aromatic N) is 4. The summed E-state index contributed by atoms with van der Waals surface area (Å²) in [5, 5.41) is 2.95. The Morgan fingerprint density at radius 1 is 1.00 bits per heavy atom. The Hall–Kier alpha value is -1.77. The number of amides is 2. The van der Waals surface area contributed by atoms with Crippen molar-refractivity contribution >= 4 is 34.5 Å². The van der Waals surface area contributed by atoms with Crippen LogP contribution in [0, 0.1) is 6.92 Å². The molecule has 8 heteroatoms. The molecule has 2 aromatic heterocycles. The largest absolute Gasteiger partial charge is 0.342 e. The van der Waals surface area contributed by atoms with Gasteiger partial charge in [-0.3, -0.25) is 14.5 Å². The standard InChI is InChI=1S/C21H28N4O2S2/c1-16-19(29-20(22-16)17-7-6-14-28-17)21(27)25-12-10-23(11-13-25)15-18(26)24-8-4-2-3-5-9-24/h6-7,14H,2-5,8-13,15H2,1H3. The van der Waals surface area contributed by atoms with Crippen molar-refractivity contribution in [3.05, 3.63) is 28.1 Å². The SMILES string of the molecule is Cc1nc(-c2cccs2)sc1C(=O)N1CCN(CC(=O)N2CCCCCC2)CC1. The molecule has 0 saturated carbocycles. The lowest BCUT2D eigenvalue weighted by Gasteiger charge is -2.35. The van der Waals surface area contributed by atoms with Gasteiger partial charge in [0, 0.05) is 39.3 Å². The predicted octanol–water partition coefficient (Wildman–Crippen LogP) is 3.34. The summed E-state index contributed by atoms with van der Waals surface area (Å²) in [7, 11) is 0. The maximum absolute atomic E-state index is 13.0. The second-order valence-electron chi connectivity index (χ2n) is 7.77. The summed E-state index contributed by atoms with van der Waals surface area (Å²) < 4.78 is 0. The normalized spacial score (nSPS) is 18.7. The van der Waals surface area contributed by atoms with Crippen LogP contribution in [0.3, 0.4) is 0 Å². The Bertz CT molecular complexity index is 833. The molecule has 6 nitrogen and oxygen atoms in total. The van der Waals surface area contributed by atoms with E-state index in [0.717, 1.165) is 59.5 Å². The lowest BCUT2D eigenvalue weighted by atomic mass is 10.2. The van der Waals surface area contributed by atoms with Crippen molar-refractivity contribution in [1.29, 1.82) is 0 Å². The molecule has 29 heavy (non-hydrogen) atoms. The number of carbonyl (C=O) groups is 2. The Morgan fingerprint density at radius 3 is 2.38 bits per heavy atom. The number of aromatic nitrogens is 1.